The largest absolute Gasteiger partial charge is 0.394 e. The van der Waals surface area contributed by atoms with E-state index in [9.17, 15) is 45.6 Å². The Morgan fingerprint density at radius 1 is 0.422 bits per heavy atom. The first-order valence-corrected chi connectivity index (χ1v) is 35.1. The molecule has 0 saturated carbocycles. The van der Waals surface area contributed by atoms with Crippen molar-refractivity contribution in [1.29, 1.82) is 0 Å². The monoisotopic (exact) mass is 1180 g/mol. The van der Waals surface area contributed by atoms with E-state index in [4.69, 9.17) is 18.9 Å². The van der Waals surface area contributed by atoms with Gasteiger partial charge in [-0.1, -0.05) is 289 Å². The molecule has 14 heteroatoms. The van der Waals surface area contributed by atoms with Crippen LogP contribution in [0.15, 0.2) is 24.3 Å². The van der Waals surface area contributed by atoms with Crippen LogP contribution in [0.2, 0.25) is 0 Å². The molecule has 0 aromatic rings. The number of rotatable bonds is 58. The summed E-state index contributed by atoms with van der Waals surface area (Å²) in [6.07, 6.45) is 50.9. The predicted molar refractivity (Wildman–Crippen MR) is 337 cm³/mol. The van der Waals surface area contributed by atoms with Crippen molar-refractivity contribution in [2.24, 2.45) is 0 Å². The minimum atomic E-state index is -1.79. The third kappa shape index (κ3) is 39.2. The second kappa shape index (κ2) is 54.6. The van der Waals surface area contributed by atoms with Crippen molar-refractivity contribution in [3.05, 3.63) is 24.3 Å². The van der Waals surface area contributed by atoms with Crippen molar-refractivity contribution >= 4 is 5.91 Å². The van der Waals surface area contributed by atoms with Crippen LogP contribution < -0.4 is 5.32 Å². The molecule has 2 aliphatic heterocycles. The van der Waals surface area contributed by atoms with E-state index in [1.54, 1.807) is 6.08 Å². The highest BCUT2D eigenvalue weighted by atomic mass is 16.7. The molecule has 14 nitrogen and oxygen atoms in total. The van der Waals surface area contributed by atoms with Gasteiger partial charge in [-0.25, -0.2) is 0 Å². The zero-order valence-electron chi connectivity index (χ0n) is 53.2. The maximum Gasteiger partial charge on any atom is 0.220 e. The normalized spacial score (nSPS) is 23.9. The molecule has 0 spiro atoms. The summed E-state index contributed by atoms with van der Waals surface area (Å²) in [6.45, 7) is 2.84. The van der Waals surface area contributed by atoms with Gasteiger partial charge in [-0.15, -0.1) is 0 Å². The van der Waals surface area contributed by atoms with Gasteiger partial charge in [0.1, 0.15) is 48.8 Å². The summed E-state index contributed by atoms with van der Waals surface area (Å²) in [4.78, 5) is 13.3. The summed E-state index contributed by atoms with van der Waals surface area (Å²) >= 11 is 0. The third-order valence-corrected chi connectivity index (χ3v) is 17.4. The lowest BCUT2D eigenvalue weighted by Crippen LogP contribution is -2.65. The Balaban J connectivity index is 1.67. The van der Waals surface area contributed by atoms with Crippen LogP contribution in [0.5, 0.6) is 0 Å². The van der Waals surface area contributed by atoms with Gasteiger partial charge in [0, 0.05) is 6.42 Å². The predicted octanol–water partition coefficient (Wildman–Crippen LogP) is 14.0. The Morgan fingerprint density at radius 3 is 1.14 bits per heavy atom. The van der Waals surface area contributed by atoms with E-state index >= 15 is 0 Å². The molecule has 2 saturated heterocycles. The first kappa shape index (κ1) is 77.6. The van der Waals surface area contributed by atoms with Crippen LogP contribution in [-0.2, 0) is 23.7 Å². The molecule has 2 heterocycles. The number of unbranched alkanes of at least 4 members (excludes halogenated alkanes) is 43. The quantitative estimate of drug-likeness (QED) is 0.0204. The molecule has 1 amide bonds. The molecule has 0 aliphatic carbocycles. The smallest absolute Gasteiger partial charge is 0.220 e. The van der Waals surface area contributed by atoms with Crippen LogP contribution in [0.1, 0.15) is 316 Å². The van der Waals surface area contributed by atoms with Crippen molar-refractivity contribution in [3.8, 4) is 0 Å². The third-order valence-electron chi connectivity index (χ3n) is 17.4. The summed E-state index contributed by atoms with van der Waals surface area (Å²) in [5.41, 5.74) is 0. The zero-order valence-corrected chi connectivity index (χ0v) is 53.2. The number of carbonyl (C=O) groups excluding carboxylic acids is 1. The van der Waals surface area contributed by atoms with Crippen LogP contribution in [0.4, 0.5) is 0 Å². The standard InChI is InChI=1S/C69H131NO13/c1-3-5-7-9-11-13-15-17-19-21-23-24-25-26-27-28-29-30-31-32-33-35-36-38-40-42-44-46-48-50-52-58(73)57(70-61(74)53-51-49-47-45-43-41-39-37-34-22-20-18-16-14-12-10-8-6-4-2)56-80-68-66(79)64(77)67(60(55-72)82-68)83-69-65(78)63(76)62(75)59(54-71)81-69/h18,20,50,52,57-60,62-69,71-73,75-79H,3-17,19,21-49,51,53-56H2,1-2H3,(H,70,74)/b20-18-,52-50+. The fourth-order valence-corrected chi connectivity index (χ4v) is 11.8. The van der Waals surface area contributed by atoms with Crippen LogP contribution >= 0.6 is 0 Å². The number of ether oxygens (including phenoxy) is 4. The molecule has 0 radical (unpaired) electrons. The highest BCUT2D eigenvalue weighted by Gasteiger charge is 2.51. The lowest BCUT2D eigenvalue weighted by molar-refractivity contribution is -0.359. The Labute approximate surface area is 507 Å². The second-order valence-corrected chi connectivity index (χ2v) is 25.0. The number of allylic oxidation sites excluding steroid dienone is 3. The lowest BCUT2D eigenvalue weighted by Gasteiger charge is -2.46. The maximum atomic E-state index is 13.3. The van der Waals surface area contributed by atoms with E-state index in [-0.39, 0.29) is 18.9 Å². The van der Waals surface area contributed by atoms with Crippen molar-refractivity contribution in [2.45, 2.75) is 389 Å². The van der Waals surface area contributed by atoms with E-state index in [2.05, 4.69) is 31.3 Å². The second-order valence-electron chi connectivity index (χ2n) is 25.0. The molecule has 490 valence electrons. The van der Waals surface area contributed by atoms with Crippen molar-refractivity contribution in [3.63, 3.8) is 0 Å². The summed E-state index contributed by atoms with van der Waals surface area (Å²) in [6, 6.07) is -0.915. The number of carbonyl (C=O) groups is 1. The van der Waals surface area contributed by atoms with Crippen LogP contribution in [0.3, 0.4) is 0 Å². The van der Waals surface area contributed by atoms with Gasteiger partial charge in [-0.3, -0.25) is 4.79 Å². The molecule has 83 heavy (non-hydrogen) atoms. The molecular formula is C69H131NO13. The summed E-state index contributed by atoms with van der Waals surface area (Å²) < 4.78 is 22.9. The number of aliphatic hydroxyl groups is 8. The van der Waals surface area contributed by atoms with Gasteiger partial charge < -0.3 is 65.1 Å². The zero-order chi connectivity index (χ0) is 60.2. The van der Waals surface area contributed by atoms with Crippen LogP contribution in [-0.4, -0.2) is 140 Å². The van der Waals surface area contributed by atoms with Gasteiger partial charge in [0.05, 0.1) is 32.0 Å². The van der Waals surface area contributed by atoms with Gasteiger partial charge in [-0.05, 0) is 44.9 Å². The highest BCUT2D eigenvalue weighted by molar-refractivity contribution is 5.76. The Kier molecular flexibility index (Phi) is 51.0. The average Bonchev–Trinajstić information content (AvgIpc) is 3.64. The van der Waals surface area contributed by atoms with Crippen LogP contribution in [0, 0.1) is 0 Å². The van der Waals surface area contributed by atoms with Crippen molar-refractivity contribution in [1.82, 2.24) is 5.32 Å². The lowest BCUT2D eigenvalue weighted by atomic mass is 9.97. The van der Waals surface area contributed by atoms with E-state index in [1.807, 2.05) is 6.08 Å². The number of hydrogen-bond donors (Lipinski definition) is 9. The molecule has 0 aromatic carbocycles. The summed E-state index contributed by atoms with van der Waals surface area (Å²) in [5.74, 6) is -0.237. The summed E-state index contributed by atoms with van der Waals surface area (Å²) in [5, 5.41) is 87.4. The van der Waals surface area contributed by atoms with Gasteiger partial charge >= 0.3 is 0 Å². The van der Waals surface area contributed by atoms with E-state index in [1.165, 1.54) is 250 Å². The topological polar surface area (TPSA) is 228 Å². The molecular weight excluding hydrogens is 1050 g/mol. The molecule has 12 unspecified atom stereocenters. The minimum absolute atomic E-state index is 0.237. The van der Waals surface area contributed by atoms with Crippen molar-refractivity contribution < 1.29 is 64.6 Å². The number of hydrogen-bond acceptors (Lipinski definition) is 13. The van der Waals surface area contributed by atoms with Gasteiger partial charge in [0.25, 0.3) is 0 Å². The first-order valence-electron chi connectivity index (χ1n) is 35.1. The molecule has 9 N–H and O–H groups in total. The van der Waals surface area contributed by atoms with E-state index in [0.29, 0.717) is 6.42 Å². The molecule has 0 bridgehead atoms. The average molecular weight is 1180 g/mol. The van der Waals surface area contributed by atoms with Gasteiger partial charge in [0.2, 0.25) is 5.91 Å². The minimum Gasteiger partial charge on any atom is -0.394 e. The number of nitrogens with one attached hydrogen (secondary N) is 1. The molecule has 2 rings (SSSR count). The molecule has 2 fully saturated rings. The van der Waals surface area contributed by atoms with E-state index < -0.39 is 86.8 Å². The molecule has 0 aromatic heterocycles. The Hall–Kier alpha value is -1.53. The van der Waals surface area contributed by atoms with Gasteiger partial charge in [0.15, 0.2) is 12.6 Å². The Morgan fingerprint density at radius 2 is 0.759 bits per heavy atom. The number of amides is 1. The number of aliphatic hydroxyl groups excluding tert-OH is 8. The fourth-order valence-electron chi connectivity index (χ4n) is 11.8. The van der Waals surface area contributed by atoms with Crippen LogP contribution in [0.25, 0.3) is 0 Å². The highest BCUT2D eigenvalue weighted by Crippen LogP contribution is 2.30. The fraction of sp³-hybridized carbons (Fsp3) is 0.928. The molecule has 2 aliphatic rings. The van der Waals surface area contributed by atoms with Crippen molar-refractivity contribution in [2.75, 3.05) is 19.8 Å². The molecule has 12 atom stereocenters. The maximum absolute atomic E-state index is 13.3. The summed E-state index contributed by atoms with van der Waals surface area (Å²) in [7, 11) is 0. The Bertz CT molecular complexity index is 1490. The van der Waals surface area contributed by atoms with Gasteiger partial charge in [-0.2, -0.15) is 0 Å². The SMILES string of the molecule is CCCCCCCC/C=C\CCCCCCCCCCCC(=O)NC(COC1OC(CO)C(OC2OC(CO)C(O)C(O)C2O)C(O)C1O)C(O)/C=C/CCCCCCCCCCCCCCCCCCCCCCCCCCCCCC. The van der Waals surface area contributed by atoms with E-state index in [0.717, 1.165) is 38.5 Å². The first-order chi connectivity index (χ1) is 40.6.